The highest BCUT2D eigenvalue weighted by molar-refractivity contribution is 6.21. The van der Waals surface area contributed by atoms with Gasteiger partial charge in [-0.2, -0.15) is 0 Å². The van der Waals surface area contributed by atoms with Crippen molar-refractivity contribution in [1.29, 1.82) is 0 Å². The van der Waals surface area contributed by atoms with Crippen molar-refractivity contribution in [3.63, 3.8) is 0 Å². The predicted molar refractivity (Wildman–Crippen MR) is 91.6 cm³/mol. The van der Waals surface area contributed by atoms with Crippen molar-refractivity contribution in [2.75, 3.05) is 13.1 Å². The average Bonchev–Trinajstić information content (AvgIpc) is 2.84. The van der Waals surface area contributed by atoms with Gasteiger partial charge in [0.05, 0.1) is 16.8 Å². The lowest BCUT2D eigenvalue weighted by molar-refractivity contribution is 0.0625. The SMILES string of the molecule is CC(C)N(CCN1C(=O)c2ccccc2C1=O)Cc1ccccn1. The number of nitrogens with zero attached hydrogens (tertiary/aromatic N) is 3. The van der Waals surface area contributed by atoms with Gasteiger partial charge in [0.2, 0.25) is 0 Å². The van der Waals surface area contributed by atoms with Crippen LogP contribution in [0, 0.1) is 0 Å². The Morgan fingerprint density at radius 2 is 1.62 bits per heavy atom. The first kappa shape index (κ1) is 16.3. The van der Waals surface area contributed by atoms with Crippen molar-refractivity contribution < 1.29 is 9.59 Å². The molecule has 0 N–H and O–H groups in total. The maximum Gasteiger partial charge on any atom is 0.261 e. The number of rotatable bonds is 6. The average molecular weight is 323 g/mol. The van der Waals surface area contributed by atoms with Crippen LogP contribution in [-0.2, 0) is 6.54 Å². The van der Waals surface area contributed by atoms with Crippen molar-refractivity contribution in [2.45, 2.75) is 26.4 Å². The summed E-state index contributed by atoms with van der Waals surface area (Å²) in [5, 5.41) is 0. The number of carbonyl (C=O) groups is 2. The van der Waals surface area contributed by atoms with Crippen LogP contribution in [0.2, 0.25) is 0 Å². The quantitative estimate of drug-likeness (QED) is 0.767. The molecule has 1 aliphatic heterocycles. The third-order valence-corrected chi connectivity index (χ3v) is 4.31. The van der Waals surface area contributed by atoms with Crippen molar-refractivity contribution >= 4 is 11.8 Å². The minimum Gasteiger partial charge on any atom is -0.293 e. The van der Waals surface area contributed by atoms with Crippen molar-refractivity contribution in [3.05, 3.63) is 65.5 Å². The van der Waals surface area contributed by atoms with Gasteiger partial charge < -0.3 is 0 Å². The number of carbonyl (C=O) groups excluding carboxylic acids is 2. The van der Waals surface area contributed by atoms with E-state index in [1.54, 1.807) is 30.5 Å². The van der Waals surface area contributed by atoms with Crippen LogP contribution in [0.4, 0.5) is 0 Å². The Morgan fingerprint density at radius 3 is 2.17 bits per heavy atom. The first-order chi connectivity index (χ1) is 11.6. The Morgan fingerprint density at radius 1 is 1.00 bits per heavy atom. The largest absolute Gasteiger partial charge is 0.293 e. The number of aromatic nitrogens is 1. The molecule has 0 unspecified atom stereocenters. The highest BCUT2D eigenvalue weighted by atomic mass is 16.2. The lowest BCUT2D eigenvalue weighted by Gasteiger charge is -2.27. The fraction of sp³-hybridized carbons (Fsp3) is 0.316. The standard InChI is InChI=1S/C19H21N3O2/c1-14(2)21(13-15-7-5-6-10-20-15)11-12-22-18(23)16-8-3-4-9-17(16)19(22)24/h3-10,14H,11-13H2,1-2H3. The first-order valence-electron chi connectivity index (χ1n) is 8.17. The third kappa shape index (κ3) is 3.21. The molecule has 0 radical (unpaired) electrons. The Kier molecular flexibility index (Phi) is 4.71. The van der Waals surface area contributed by atoms with Crippen LogP contribution in [-0.4, -0.2) is 45.7 Å². The molecule has 0 aliphatic carbocycles. The summed E-state index contributed by atoms with van der Waals surface area (Å²) in [7, 11) is 0. The van der Waals surface area contributed by atoms with Crippen LogP contribution in [0.15, 0.2) is 48.7 Å². The van der Waals surface area contributed by atoms with Crippen LogP contribution in [0.5, 0.6) is 0 Å². The van der Waals surface area contributed by atoms with Crippen molar-refractivity contribution in [3.8, 4) is 0 Å². The molecule has 2 amide bonds. The van der Waals surface area contributed by atoms with Crippen LogP contribution >= 0.6 is 0 Å². The summed E-state index contributed by atoms with van der Waals surface area (Å²) in [6, 6.07) is 13.1. The second-order valence-electron chi connectivity index (χ2n) is 6.19. The molecule has 1 aromatic heterocycles. The molecule has 3 rings (SSSR count). The molecular formula is C19H21N3O2. The van der Waals surface area contributed by atoms with E-state index in [1.807, 2.05) is 18.2 Å². The zero-order valence-electron chi connectivity index (χ0n) is 14.0. The second-order valence-corrected chi connectivity index (χ2v) is 6.19. The van der Waals surface area contributed by atoms with E-state index in [-0.39, 0.29) is 11.8 Å². The molecule has 0 bridgehead atoms. The molecule has 2 heterocycles. The first-order valence-corrected chi connectivity index (χ1v) is 8.17. The van der Waals surface area contributed by atoms with Gasteiger partial charge in [-0.15, -0.1) is 0 Å². The molecule has 24 heavy (non-hydrogen) atoms. The third-order valence-electron chi connectivity index (χ3n) is 4.31. The van der Waals surface area contributed by atoms with Crippen LogP contribution < -0.4 is 0 Å². The van der Waals surface area contributed by atoms with E-state index in [9.17, 15) is 9.59 Å². The van der Waals surface area contributed by atoms with Gasteiger partial charge in [-0.1, -0.05) is 18.2 Å². The van der Waals surface area contributed by atoms with Crippen LogP contribution in [0.1, 0.15) is 40.3 Å². The molecule has 0 spiro atoms. The highest BCUT2D eigenvalue weighted by Crippen LogP contribution is 2.22. The molecule has 0 saturated heterocycles. The molecule has 5 heteroatoms. The molecule has 0 saturated carbocycles. The number of pyridine rings is 1. The highest BCUT2D eigenvalue weighted by Gasteiger charge is 2.35. The van der Waals surface area contributed by atoms with E-state index in [1.165, 1.54) is 4.90 Å². The zero-order valence-corrected chi connectivity index (χ0v) is 14.0. The summed E-state index contributed by atoms with van der Waals surface area (Å²) in [6.45, 7) is 5.91. The molecule has 0 fully saturated rings. The van der Waals surface area contributed by atoms with Gasteiger partial charge >= 0.3 is 0 Å². The molecular weight excluding hydrogens is 302 g/mol. The lowest BCUT2D eigenvalue weighted by atomic mass is 10.1. The molecule has 0 atom stereocenters. The fourth-order valence-corrected chi connectivity index (χ4v) is 2.89. The number of hydrogen-bond acceptors (Lipinski definition) is 4. The minimum atomic E-state index is -0.197. The fourth-order valence-electron chi connectivity index (χ4n) is 2.89. The van der Waals surface area contributed by atoms with E-state index in [4.69, 9.17) is 0 Å². The van der Waals surface area contributed by atoms with E-state index in [0.717, 1.165) is 5.69 Å². The normalized spacial score (nSPS) is 13.9. The van der Waals surface area contributed by atoms with Crippen molar-refractivity contribution in [1.82, 2.24) is 14.8 Å². The Balaban J connectivity index is 1.68. The monoisotopic (exact) mass is 323 g/mol. The molecule has 1 aliphatic rings. The topological polar surface area (TPSA) is 53.5 Å². The number of hydrogen-bond donors (Lipinski definition) is 0. The summed E-state index contributed by atoms with van der Waals surface area (Å²) in [5.41, 5.74) is 1.99. The summed E-state index contributed by atoms with van der Waals surface area (Å²) in [5.74, 6) is -0.394. The van der Waals surface area contributed by atoms with Gasteiger partial charge in [-0.05, 0) is 38.1 Å². The van der Waals surface area contributed by atoms with Gasteiger partial charge in [0.25, 0.3) is 11.8 Å². The van der Waals surface area contributed by atoms with Gasteiger partial charge in [-0.25, -0.2) is 0 Å². The maximum atomic E-state index is 12.4. The summed E-state index contributed by atoms with van der Waals surface area (Å²) >= 11 is 0. The van der Waals surface area contributed by atoms with E-state index < -0.39 is 0 Å². The van der Waals surface area contributed by atoms with E-state index in [0.29, 0.717) is 36.8 Å². The van der Waals surface area contributed by atoms with E-state index >= 15 is 0 Å². The van der Waals surface area contributed by atoms with Crippen LogP contribution in [0.3, 0.4) is 0 Å². The maximum absolute atomic E-state index is 12.4. The van der Waals surface area contributed by atoms with Gasteiger partial charge in [-0.3, -0.25) is 24.4 Å². The number of amides is 2. The molecule has 2 aromatic rings. The molecule has 1 aromatic carbocycles. The van der Waals surface area contributed by atoms with Gasteiger partial charge in [0.1, 0.15) is 0 Å². The lowest BCUT2D eigenvalue weighted by Crippen LogP contribution is -2.40. The zero-order chi connectivity index (χ0) is 17.1. The Hall–Kier alpha value is -2.53. The molecule has 5 nitrogen and oxygen atoms in total. The summed E-state index contributed by atoms with van der Waals surface area (Å²) < 4.78 is 0. The number of fused-ring (bicyclic) bond motifs is 1. The van der Waals surface area contributed by atoms with E-state index in [2.05, 4.69) is 23.7 Å². The molecule has 124 valence electrons. The summed E-state index contributed by atoms with van der Waals surface area (Å²) in [6.07, 6.45) is 1.78. The minimum absolute atomic E-state index is 0.197. The predicted octanol–water partition coefficient (Wildman–Crippen LogP) is 2.59. The summed E-state index contributed by atoms with van der Waals surface area (Å²) in [4.78, 5) is 32.8. The number of benzene rings is 1. The van der Waals surface area contributed by atoms with Gasteiger partial charge in [0, 0.05) is 31.9 Å². The van der Waals surface area contributed by atoms with Crippen LogP contribution in [0.25, 0.3) is 0 Å². The Bertz CT molecular complexity index is 708. The Labute approximate surface area is 141 Å². The van der Waals surface area contributed by atoms with Gasteiger partial charge in [0.15, 0.2) is 0 Å². The smallest absolute Gasteiger partial charge is 0.261 e. The number of imide groups is 1. The second kappa shape index (κ2) is 6.93. The van der Waals surface area contributed by atoms with Crippen molar-refractivity contribution in [2.24, 2.45) is 0 Å².